The number of tetrazole rings is 1. The van der Waals surface area contributed by atoms with Crippen molar-refractivity contribution in [1.29, 1.82) is 0 Å². The Morgan fingerprint density at radius 1 is 1.14 bits per heavy atom. The van der Waals surface area contributed by atoms with E-state index in [1.54, 1.807) is 0 Å². The van der Waals surface area contributed by atoms with Crippen LogP contribution in [0.3, 0.4) is 0 Å². The number of benzene rings is 1. The molecule has 0 aliphatic rings. The van der Waals surface area contributed by atoms with Crippen LogP contribution < -0.4 is 5.73 Å². The molecule has 0 fully saturated rings. The molecule has 2 aromatic rings. The molecule has 0 radical (unpaired) electrons. The highest BCUT2D eigenvalue weighted by Crippen LogP contribution is 2.28. The van der Waals surface area contributed by atoms with Gasteiger partial charge in [-0.15, -0.1) is 5.10 Å². The molecule has 21 heavy (non-hydrogen) atoms. The summed E-state index contributed by atoms with van der Waals surface area (Å²) in [7, 11) is 0. The number of aromatic nitrogens is 4. The third-order valence-electron chi connectivity index (χ3n) is 3.49. The average Bonchev–Trinajstić information content (AvgIpc) is 2.93. The van der Waals surface area contributed by atoms with E-state index in [4.69, 9.17) is 5.73 Å². The van der Waals surface area contributed by atoms with Crippen molar-refractivity contribution in [2.24, 2.45) is 0 Å². The molecule has 1 heterocycles. The maximum absolute atomic E-state index is 5.85. The minimum Gasteiger partial charge on any atom is -0.399 e. The van der Waals surface area contributed by atoms with Crippen LogP contribution in [0.25, 0.3) is 11.4 Å². The second-order valence-electron chi connectivity index (χ2n) is 5.23. The zero-order valence-corrected chi connectivity index (χ0v) is 14.0. The van der Waals surface area contributed by atoms with Crippen LogP contribution in [-0.4, -0.2) is 20.2 Å². The van der Waals surface area contributed by atoms with Crippen LogP contribution in [0.4, 0.5) is 5.69 Å². The fraction of sp³-hybridized carbons (Fsp3) is 0.533. The van der Waals surface area contributed by atoms with E-state index >= 15 is 0 Å². The smallest absolute Gasteiger partial charge is 0.183 e. The molecular formula is C15H22BrN5. The lowest BCUT2D eigenvalue weighted by Gasteiger charge is -2.07. The molecule has 0 atom stereocenters. The average molecular weight is 352 g/mol. The Kier molecular flexibility index (Phi) is 6.17. The molecule has 0 spiro atoms. The van der Waals surface area contributed by atoms with Gasteiger partial charge >= 0.3 is 0 Å². The van der Waals surface area contributed by atoms with Crippen LogP contribution in [0.2, 0.25) is 0 Å². The number of anilines is 1. The van der Waals surface area contributed by atoms with Gasteiger partial charge in [0.1, 0.15) is 0 Å². The topological polar surface area (TPSA) is 69.6 Å². The van der Waals surface area contributed by atoms with E-state index < -0.39 is 0 Å². The molecule has 0 unspecified atom stereocenters. The Balaban J connectivity index is 1.97. The van der Waals surface area contributed by atoms with Crippen LogP contribution in [0.1, 0.15) is 45.4 Å². The number of nitrogen functional groups attached to an aromatic ring is 1. The SMILES string of the molecule is CCCCCCCCn1nnnc1-c1cc(N)ccc1Br. The zero-order chi connectivity index (χ0) is 15.1. The third-order valence-corrected chi connectivity index (χ3v) is 4.18. The number of halogens is 1. The first-order valence-corrected chi connectivity index (χ1v) is 8.33. The Bertz CT molecular complexity index is 567. The number of aryl methyl sites for hydroxylation is 1. The van der Waals surface area contributed by atoms with Crippen molar-refractivity contribution in [2.75, 3.05) is 5.73 Å². The molecule has 1 aromatic carbocycles. The van der Waals surface area contributed by atoms with E-state index in [1.807, 2.05) is 22.9 Å². The van der Waals surface area contributed by atoms with E-state index in [2.05, 4.69) is 38.4 Å². The Labute approximate surface area is 134 Å². The lowest BCUT2D eigenvalue weighted by molar-refractivity contribution is 0.519. The highest BCUT2D eigenvalue weighted by atomic mass is 79.9. The molecular weight excluding hydrogens is 330 g/mol. The molecule has 5 nitrogen and oxygen atoms in total. The Morgan fingerprint density at radius 2 is 1.90 bits per heavy atom. The zero-order valence-electron chi connectivity index (χ0n) is 12.4. The highest BCUT2D eigenvalue weighted by Gasteiger charge is 2.12. The molecule has 0 aliphatic carbocycles. The van der Waals surface area contributed by atoms with Crippen molar-refractivity contribution in [3.63, 3.8) is 0 Å². The van der Waals surface area contributed by atoms with Gasteiger partial charge in [0.15, 0.2) is 5.82 Å². The van der Waals surface area contributed by atoms with Crippen molar-refractivity contribution < 1.29 is 0 Å². The predicted molar refractivity (Wildman–Crippen MR) is 88.7 cm³/mol. The van der Waals surface area contributed by atoms with Crippen molar-refractivity contribution >= 4 is 21.6 Å². The van der Waals surface area contributed by atoms with Crippen molar-refractivity contribution in [2.45, 2.75) is 52.0 Å². The maximum Gasteiger partial charge on any atom is 0.183 e. The summed E-state index contributed by atoms with van der Waals surface area (Å²) in [5.74, 6) is 0.766. The molecule has 114 valence electrons. The molecule has 2 rings (SSSR count). The molecule has 6 heteroatoms. The first kappa shape index (κ1) is 15.9. The Morgan fingerprint density at radius 3 is 2.71 bits per heavy atom. The Hall–Kier alpha value is -1.43. The van der Waals surface area contributed by atoms with E-state index in [0.29, 0.717) is 5.69 Å². The standard InChI is InChI=1S/C15H22BrN5/c1-2-3-4-5-6-7-10-21-15(18-19-20-21)13-11-12(17)8-9-14(13)16/h8-9,11H,2-7,10,17H2,1H3. The van der Waals surface area contributed by atoms with Gasteiger partial charge in [-0.2, -0.15) is 0 Å². The van der Waals surface area contributed by atoms with Crippen LogP contribution in [0, 0.1) is 0 Å². The maximum atomic E-state index is 5.85. The summed E-state index contributed by atoms with van der Waals surface area (Å²) >= 11 is 3.53. The summed E-state index contributed by atoms with van der Waals surface area (Å²) in [4.78, 5) is 0. The summed E-state index contributed by atoms with van der Waals surface area (Å²) in [6, 6.07) is 5.68. The molecule has 0 bridgehead atoms. The lowest BCUT2D eigenvalue weighted by atomic mass is 10.1. The van der Waals surface area contributed by atoms with Crippen LogP contribution in [-0.2, 0) is 6.54 Å². The van der Waals surface area contributed by atoms with Crippen molar-refractivity contribution in [1.82, 2.24) is 20.2 Å². The van der Waals surface area contributed by atoms with Crippen molar-refractivity contribution in [3.8, 4) is 11.4 Å². The summed E-state index contributed by atoms with van der Waals surface area (Å²) in [6.45, 7) is 3.08. The normalized spacial score (nSPS) is 11.0. The number of unbranched alkanes of at least 4 members (excludes halogenated alkanes) is 5. The second kappa shape index (κ2) is 8.12. The predicted octanol–water partition coefficient (Wildman–Crippen LogP) is 4.05. The van der Waals surface area contributed by atoms with Crippen molar-refractivity contribution in [3.05, 3.63) is 22.7 Å². The van der Waals surface area contributed by atoms with Crippen LogP contribution >= 0.6 is 15.9 Å². The van der Waals surface area contributed by atoms with Gasteiger partial charge in [0.2, 0.25) is 0 Å². The van der Waals surface area contributed by atoms with Crippen LogP contribution in [0.5, 0.6) is 0 Å². The number of hydrogen-bond donors (Lipinski definition) is 1. The van der Waals surface area contributed by atoms with E-state index in [-0.39, 0.29) is 0 Å². The second-order valence-corrected chi connectivity index (χ2v) is 6.09. The molecule has 0 amide bonds. The fourth-order valence-electron chi connectivity index (χ4n) is 2.30. The van der Waals surface area contributed by atoms with Gasteiger partial charge < -0.3 is 5.73 Å². The molecule has 1 aromatic heterocycles. The van der Waals surface area contributed by atoms with Gasteiger partial charge in [-0.25, -0.2) is 4.68 Å². The molecule has 0 saturated carbocycles. The lowest BCUT2D eigenvalue weighted by Crippen LogP contribution is -2.04. The monoisotopic (exact) mass is 351 g/mol. The van der Waals surface area contributed by atoms with Gasteiger partial charge in [-0.3, -0.25) is 0 Å². The summed E-state index contributed by atoms with van der Waals surface area (Å²) in [6.07, 6.45) is 7.53. The van der Waals surface area contributed by atoms with Gasteiger partial charge in [0.05, 0.1) is 0 Å². The van der Waals surface area contributed by atoms with Gasteiger partial charge in [-0.05, 0) is 35.0 Å². The number of nitrogens with two attached hydrogens (primary N) is 1. The number of nitrogens with zero attached hydrogens (tertiary/aromatic N) is 4. The summed E-state index contributed by atoms with van der Waals surface area (Å²) in [5, 5.41) is 12.0. The van der Waals surface area contributed by atoms with E-state index in [0.717, 1.165) is 28.8 Å². The van der Waals surface area contributed by atoms with E-state index in [9.17, 15) is 0 Å². The number of rotatable bonds is 8. The fourth-order valence-corrected chi connectivity index (χ4v) is 2.73. The van der Waals surface area contributed by atoms with Crippen LogP contribution in [0.15, 0.2) is 22.7 Å². The minimum absolute atomic E-state index is 0.710. The minimum atomic E-state index is 0.710. The summed E-state index contributed by atoms with van der Waals surface area (Å²) in [5.41, 5.74) is 7.50. The molecule has 2 N–H and O–H groups in total. The van der Waals surface area contributed by atoms with Gasteiger partial charge in [0, 0.05) is 22.3 Å². The summed E-state index contributed by atoms with van der Waals surface area (Å²) < 4.78 is 2.81. The first-order chi connectivity index (χ1) is 10.2. The van der Waals surface area contributed by atoms with Gasteiger partial charge in [0.25, 0.3) is 0 Å². The third kappa shape index (κ3) is 4.52. The molecule has 0 aliphatic heterocycles. The van der Waals surface area contributed by atoms with Gasteiger partial charge in [-0.1, -0.05) is 55.0 Å². The molecule has 0 saturated heterocycles. The highest BCUT2D eigenvalue weighted by molar-refractivity contribution is 9.10. The first-order valence-electron chi connectivity index (χ1n) is 7.54. The van der Waals surface area contributed by atoms with E-state index in [1.165, 1.54) is 32.1 Å². The largest absolute Gasteiger partial charge is 0.399 e. The number of hydrogen-bond acceptors (Lipinski definition) is 4. The quantitative estimate of drug-likeness (QED) is 0.575.